The van der Waals surface area contributed by atoms with Gasteiger partial charge in [0.1, 0.15) is 0 Å². The van der Waals surface area contributed by atoms with Gasteiger partial charge in [-0.3, -0.25) is 9.80 Å². The van der Waals surface area contributed by atoms with Crippen molar-refractivity contribution in [3.63, 3.8) is 0 Å². The van der Waals surface area contributed by atoms with Crippen LogP contribution in [0.25, 0.3) is 0 Å². The molecule has 2 saturated heterocycles. The highest BCUT2D eigenvalue weighted by atomic mass is 79.9. The molecule has 0 aromatic rings. The molecule has 0 radical (unpaired) electrons. The van der Waals surface area contributed by atoms with E-state index >= 15 is 0 Å². The van der Waals surface area contributed by atoms with E-state index in [4.69, 9.17) is 0 Å². The average Bonchev–Trinajstić information content (AvgIpc) is 2.38. The molecule has 15 heavy (non-hydrogen) atoms. The zero-order valence-electron chi connectivity index (χ0n) is 9.42. The second-order valence-corrected chi connectivity index (χ2v) is 5.91. The number of hydrogen-bond donors (Lipinski definition) is 0. The predicted octanol–water partition coefficient (Wildman–Crippen LogP) is 2.46. The van der Waals surface area contributed by atoms with Gasteiger partial charge in [0.15, 0.2) is 0 Å². The Morgan fingerprint density at radius 2 is 2.00 bits per heavy atom. The Morgan fingerprint density at radius 1 is 1.20 bits per heavy atom. The minimum atomic E-state index is 0.813. The van der Waals surface area contributed by atoms with Crippen LogP contribution in [0, 0.1) is 0 Å². The highest BCUT2D eigenvalue weighted by molar-refractivity contribution is 9.11. The van der Waals surface area contributed by atoms with Gasteiger partial charge in [0.05, 0.1) is 0 Å². The van der Waals surface area contributed by atoms with Gasteiger partial charge in [-0.1, -0.05) is 28.9 Å². The topological polar surface area (TPSA) is 6.48 Å². The zero-order valence-corrected chi connectivity index (χ0v) is 11.0. The van der Waals surface area contributed by atoms with Crippen LogP contribution >= 0.6 is 15.9 Å². The summed E-state index contributed by atoms with van der Waals surface area (Å²) in [6, 6.07) is 0.813. The molecular formula is C12H21BrN2. The normalized spacial score (nSPS) is 29.5. The van der Waals surface area contributed by atoms with Gasteiger partial charge < -0.3 is 0 Å². The maximum Gasteiger partial charge on any atom is 0.0294 e. The summed E-state index contributed by atoms with van der Waals surface area (Å²) in [6.07, 6.45) is 5.54. The fraction of sp³-hybridized carbons (Fsp3) is 0.833. The quantitative estimate of drug-likeness (QED) is 0.762. The summed E-state index contributed by atoms with van der Waals surface area (Å²) in [6.45, 7) is 10.1. The Kier molecular flexibility index (Phi) is 4.23. The smallest absolute Gasteiger partial charge is 0.0294 e. The van der Waals surface area contributed by atoms with Crippen LogP contribution in [-0.2, 0) is 0 Å². The first kappa shape index (κ1) is 11.6. The molecule has 2 fully saturated rings. The summed E-state index contributed by atoms with van der Waals surface area (Å²) in [5.41, 5.74) is 0. The highest BCUT2D eigenvalue weighted by Crippen LogP contribution is 2.21. The Hall–Kier alpha value is 0.140. The maximum absolute atomic E-state index is 3.95. The highest BCUT2D eigenvalue weighted by Gasteiger charge is 2.26. The van der Waals surface area contributed by atoms with Crippen LogP contribution in [0.15, 0.2) is 11.1 Å². The lowest BCUT2D eigenvalue weighted by molar-refractivity contribution is 0.140. The third kappa shape index (κ3) is 3.30. The van der Waals surface area contributed by atoms with Crippen molar-refractivity contribution in [2.24, 2.45) is 0 Å². The summed E-state index contributed by atoms with van der Waals surface area (Å²) >= 11 is 3.47. The van der Waals surface area contributed by atoms with Gasteiger partial charge in [0, 0.05) is 23.6 Å². The lowest BCUT2D eigenvalue weighted by atomic mass is 10.0. The van der Waals surface area contributed by atoms with Gasteiger partial charge >= 0.3 is 0 Å². The minimum Gasteiger partial charge on any atom is -0.299 e. The molecule has 2 nitrogen and oxygen atoms in total. The van der Waals surface area contributed by atoms with Crippen LogP contribution < -0.4 is 0 Å². The van der Waals surface area contributed by atoms with Gasteiger partial charge in [-0.15, -0.1) is 0 Å². The first-order valence-corrected chi connectivity index (χ1v) is 6.84. The van der Waals surface area contributed by atoms with Crippen molar-refractivity contribution in [3.8, 4) is 0 Å². The molecule has 1 atom stereocenters. The third-order valence-corrected chi connectivity index (χ3v) is 3.78. The molecule has 2 aliphatic heterocycles. The molecule has 0 saturated carbocycles. The van der Waals surface area contributed by atoms with E-state index in [0.29, 0.717) is 0 Å². The molecule has 0 aromatic heterocycles. The van der Waals surface area contributed by atoms with E-state index < -0.39 is 0 Å². The van der Waals surface area contributed by atoms with E-state index in [9.17, 15) is 0 Å². The number of nitrogens with zero attached hydrogens (tertiary/aromatic N) is 2. The van der Waals surface area contributed by atoms with E-state index in [2.05, 4.69) is 32.3 Å². The van der Waals surface area contributed by atoms with E-state index in [1.165, 1.54) is 51.9 Å². The second-order valence-electron chi connectivity index (χ2n) is 4.79. The molecule has 2 rings (SSSR count). The average molecular weight is 273 g/mol. The van der Waals surface area contributed by atoms with E-state index in [1.807, 2.05) is 0 Å². The summed E-state index contributed by atoms with van der Waals surface area (Å²) in [4.78, 5) is 5.24. The van der Waals surface area contributed by atoms with Gasteiger partial charge in [-0.25, -0.2) is 0 Å². The zero-order chi connectivity index (χ0) is 10.7. The van der Waals surface area contributed by atoms with Gasteiger partial charge in [-0.05, 0) is 38.9 Å². The van der Waals surface area contributed by atoms with E-state index in [1.54, 1.807) is 0 Å². The molecule has 0 bridgehead atoms. The third-order valence-electron chi connectivity index (χ3n) is 3.53. The lowest BCUT2D eigenvalue weighted by Crippen LogP contribution is -2.44. The largest absolute Gasteiger partial charge is 0.299 e. The molecule has 0 amide bonds. The van der Waals surface area contributed by atoms with Crippen LogP contribution in [0.4, 0.5) is 0 Å². The molecule has 2 aliphatic rings. The Balaban J connectivity index is 1.92. The van der Waals surface area contributed by atoms with Gasteiger partial charge in [0.25, 0.3) is 0 Å². The number of fused-ring (bicyclic) bond motifs is 1. The fourth-order valence-electron chi connectivity index (χ4n) is 2.83. The lowest BCUT2D eigenvalue weighted by Gasteiger charge is -2.35. The molecule has 0 spiro atoms. The van der Waals surface area contributed by atoms with Crippen LogP contribution in [0.2, 0.25) is 0 Å². The number of piperidine rings is 1. The standard InChI is InChI=1S/C12H21BrN2/c1-11(13)9-14-6-4-8-15-7-3-2-5-12(15)10-14/h12H,1-10H2. The molecule has 0 N–H and O–H groups in total. The Morgan fingerprint density at radius 3 is 2.80 bits per heavy atom. The number of hydrogen-bond acceptors (Lipinski definition) is 2. The van der Waals surface area contributed by atoms with Crippen LogP contribution in [0.1, 0.15) is 25.7 Å². The van der Waals surface area contributed by atoms with Crippen molar-refractivity contribution in [2.45, 2.75) is 31.7 Å². The van der Waals surface area contributed by atoms with Gasteiger partial charge in [0.2, 0.25) is 0 Å². The predicted molar refractivity (Wildman–Crippen MR) is 68.3 cm³/mol. The Labute approximate surface area is 101 Å². The van der Waals surface area contributed by atoms with E-state index in [0.717, 1.165) is 17.1 Å². The first-order valence-electron chi connectivity index (χ1n) is 6.05. The second kappa shape index (κ2) is 5.46. The summed E-state index contributed by atoms with van der Waals surface area (Å²) in [5, 5.41) is 0. The van der Waals surface area contributed by atoms with Crippen molar-refractivity contribution in [1.29, 1.82) is 0 Å². The molecule has 3 heteroatoms. The number of halogens is 1. The van der Waals surface area contributed by atoms with Crippen LogP contribution in [0.5, 0.6) is 0 Å². The molecule has 2 heterocycles. The van der Waals surface area contributed by atoms with Crippen molar-refractivity contribution < 1.29 is 0 Å². The van der Waals surface area contributed by atoms with Crippen molar-refractivity contribution in [3.05, 3.63) is 11.1 Å². The Bertz CT molecular complexity index is 230. The first-order chi connectivity index (χ1) is 7.25. The summed E-state index contributed by atoms with van der Waals surface area (Å²) < 4.78 is 1.12. The molecule has 0 aliphatic carbocycles. The molecular weight excluding hydrogens is 252 g/mol. The van der Waals surface area contributed by atoms with Crippen molar-refractivity contribution in [2.75, 3.05) is 32.7 Å². The molecule has 1 unspecified atom stereocenters. The van der Waals surface area contributed by atoms with Crippen LogP contribution in [-0.4, -0.2) is 48.6 Å². The fourth-order valence-corrected chi connectivity index (χ4v) is 3.19. The SMILES string of the molecule is C=C(Br)CN1CCCN2CCCCC2C1. The minimum absolute atomic E-state index is 0.813. The summed E-state index contributed by atoms with van der Waals surface area (Å²) in [7, 11) is 0. The monoisotopic (exact) mass is 272 g/mol. The van der Waals surface area contributed by atoms with Gasteiger partial charge in [-0.2, -0.15) is 0 Å². The maximum atomic E-state index is 3.95. The van der Waals surface area contributed by atoms with Crippen LogP contribution in [0.3, 0.4) is 0 Å². The van der Waals surface area contributed by atoms with Crippen molar-refractivity contribution >= 4 is 15.9 Å². The van der Waals surface area contributed by atoms with E-state index in [-0.39, 0.29) is 0 Å². The number of rotatable bonds is 2. The molecule has 86 valence electrons. The molecule has 0 aromatic carbocycles. The van der Waals surface area contributed by atoms with Crippen molar-refractivity contribution in [1.82, 2.24) is 9.80 Å². The summed E-state index contributed by atoms with van der Waals surface area (Å²) in [5.74, 6) is 0.